The minimum absolute atomic E-state index is 0.0771. The van der Waals surface area contributed by atoms with Crippen molar-refractivity contribution in [2.24, 2.45) is 5.73 Å². The highest BCUT2D eigenvalue weighted by Crippen LogP contribution is 2.19. The van der Waals surface area contributed by atoms with E-state index in [2.05, 4.69) is 5.32 Å². The smallest absolute Gasteiger partial charge is 0.233 e. The standard InChI is InChI=1S/C13H20FN3O/c1-3-17(9-13(18)16-2)12(8-15)10-5-4-6-11(14)7-10/h4-7,12H,3,8-9,15H2,1-2H3,(H,16,18). The van der Waals surface area contributed by atoms with E-state index in [9.17, 15) is 9.18 Å². The van der Waals surface area contributed by atoms with E-state index in [-0.39, 0.29) is 24.3 Å². The SMILES string of the molecule is CCN(CC(=O)NC)C(CN)c1cccc(F)c1. The van der Waals surface area contributed by atoms with Crippen LogP contribution >= 0.6 is 0 Å². The molecule has 1 rings (SSSR count). The molecule has 1 amide bonds. The Kier molecular flexibility index (Phi) is 5.74. The number of rotatable bonds is 6. The van der Waals surface area contributed by atoms with E-state index in [0.717, 1.165) is 5.56 Å². The number of hydrogen-bond donors (Lipinski definition) is 2. The highest BCUT2D eigenvalue weighted by Gasteiger charge is 2.20. The maximum Gasteiger partial charge on any atom is 0.233 e. The van der Waals surface area contributed by atoms with Gasteiger partial charge in [0.15, 0.2) is 0 Å². The molecule has 1 aromatic carbocycles. The van der Waals surface area contributed by atoms with Crippen molar-refractivity contribution in [2.45, 2.75) is 13.0 Å². The predicted molar refractivity (Wildman–Crippen MR) is 69.5 cm³/mol. The molecule has 0 aliphatic rings. The molecule has 5 heteroatoms. The second-order valence-corrected chi connectivity index (χ2v) is 4.04. The van der Waals surface area contributed by atoms with Crippen molar-refractivity contribution in [1.29, 1.82) is 0 Å². The monoisotopic (exact) mass is 253 g/mol. The highest BCUT2D eigenvalue weighted by atomic mass is 19.1. The zero-order chi connectivity index (χ0) is 13.5. The van der Waals surface area contributed by atoms with E-state index < -0.39 is 0 Å². The fourth-order valence-electron chi connectivity index (χ4n) is 1.92. The second kappa shape index (κ2) is 7.08. The lowest BCUT2D eigenvalue weighted by Gasteiger charge is -2.29. The van der Waals surface area contributed by atoms with Crippen molar-refractivity contribution in [3.8, 4) is 0 Å². The number of hydrogen-bond acceptors (Lipinski definition) is 3. The number of nitrogens with two attached hydrogens (primary N) is 1. The lowest BCUT2D eigenvalue weighted by Crippen LogP contribution is -2.40. The van der Waals surface area contributed by atoms with Gasteiger partial charge < -0.3 is 11.1 Å². The van der Waals surface area contributed by atoms with Crippen LogP contribution in [0.25, 0.3) is 0 Å². The van der Waals surface area contributed by atoms with E-state index in [1.54, 1.807) is 13.1 Å². The molecule has 18 heavy (non-hydrogen) atoms. The molecule has 0 aromatic heterocycles. The Labute approximate surface area is 107 Å². The number of nitrogens with zero attached hydrogens (tertiary/aromatic N) is 1. The number of carbonyl (C=O) groups is 1. The van der Waals surface area contributed by atoms with Crippen molar-refractivity contribution in [2.75, 3.05) is 26.7 Å². The molecule has 1 unspecified atom stereocenters. The zero-order valence-corrected chi connectivity index (χ0v) is 10.8. The van der Waals surface area contributed by atoms with Crippen molar-refractivity contribution in [3.63, 3.8) is 0 Å². The average Bonchev–Trinajstić information content (AvgIpc) is 2.38. The number of carbonyl (C=O) groups excluding carboxylic acids is 1. The molecule has 0 aliphatic carbocycles. The van der Waals surface area contributed by atoms with Gasteiger partial charge in [0, 0.05) is 19.6 Å². The Morgan fingerprint density at radius 1 is 1.56 bits per heavy atom. The minimum Gasteiger partial charge on any atom is -0.358 e. The zero-order valence-electron chi connectivity index (χ0n) is 10.8. The first kappa shape index (κ1) is 14.6. The van der Waals surface area contributed by atoms with Gasteiger partial charge in [-0.15, -0.1) is 0 Å². The van der Waals surface area contributed by atoms with Crippen molar-refractivity contribution in [3.05, 3.63) is 35.6 Å². The molecule has 1 aromatic rings. The third kappa shape index (κ3) is 3.78. The molecule has 0 saturated carbocycles. The molecular weight excluding hydrogens is 233 g/mol. The number of likely N-dealkylation sites (N-methyl/N-ethyl adjacent to an activating group) is 2. The van der Waals surface area contributed by atoms with E-state index in [0.29, 0.717) is 13.1 Å². The molecule has 0 saturated heterocycles. The normalized spacial score (nSPS) is 12.5. The Morgan fingerprint density at radius 3 is 2.78 bits per heavy atom. The van der Waals surface area contributed by atoms with Crippen LogP contribution in [0.5, 0.6) is 0 Å². The Bertz CT molecular complexity index is 398. The lowest BCUT2D eigenvalue weighted by atomic mass is 10.1. The molecule has 0 fully saturated rings. The number of nitrogens with one attached hydrogen (secondary N) is 1. The molecule has 0 heterocycles. The first-order valence-corrected chi connectivity index (χ1v) is 6.02. The first-order chi connectivity index (χ1) is 8.62. The van der Waals surface area contributed by atoms with Gasteiger partial charge in [0.2, 0.25) is 5.91 Å². The fourth-order valence-corrected chi connectivity index (χ4v) is 1.92. The van der Waals surface area contributed by atoms with Crippen LogP contribution in [0.15, 0.2) is 24.3 Å². The summed E-state index contributed by atoms with van der Waals surface area (Å²) in [4.78, 5) is 13.4. The Hall–Kier alpha value is -1.46. The molecule has 3 N–H and O–H groups in total. The number of halogens is 1. The average molecular weight is 253 g/mol. The van der Waals surface area contributed by atoms with Crippen molar-refractivity contribution >= 4 is 5.91 Å². The topological polar surface area (TPSA) is 58.4 Å². The van der Waals surface area contributed by atoms with Gasteiger partial charge in [-0.2, -0.15) is 0 Å². The summed E-state index contributed by atoms with van der Waals surface area (Å²) in [6.45, 7) is 3.22. The van der Waals surface area contributed by atoms with Gasteiger partial charge in [-0.1, -0.05) is 19.1 Å². The third-order valence-electron chi connectivity index (χ3n) is 2.93. The van der Waals surface area contributed by atoms with Crippen LogP contribution in [0.3, 0.4) is 0 Å². The van der Waals surface area contributed by atoms with E-state index in [1.165, 1.54) is 12.1 Å². The summed E-state index contributed by atoms with van der Waals surface area (Å²) >= 11 is 0. The maximum absolute atomic E-state index is 13.2. The molecule has 0 aliphatic heterocycles. The predicted octanol–water partition coefficient (Wildman–Crippen LogP) is 0.893. The number of amides is 1. The van der Waals surface area contributed by atoms with Gasteiger partial charge in [-0.25, -0.2) is 4.39 Å². The van der Waals surface area contributed by atoms with E-state index in [1.807, 2.05) is 17.9 Å². The number of benzene rings is 1. The van der Waals surface area contributed by atoms with Crippen molar-refractivity contribution < 1.29 is 9.18 Å². The lowest BCUT2D eigenvalue weighted by molar-refractivity contribution is -0.122. The maximum atomic E-state index is 13.2. The van der Waals surface area contributed by atoms with Crippen LogP contribution in [-0.2, 0) is 4.79 Å². The fraction of sp³-hybridized carbons (Fsp3) is 0.462. The molecule has 0 bridgehead atoms. The summed E-state index contributed by atoms with van der Waals surface area (Å²) in [6, 6.07) is 6.19. The quantitative estimate of drug-likeness (QED) is 0.791. The van der Waals surface area contributed by atoms with Crippen LogP contribution in [0.1, 0.15) is 18.5 Å². The van der Waals surface area contributed by atoms with Crippen LogP contribution in [0.4, 0.5) is 4.39 Å². The highest BCUT2D eigenvalue weighted by molar-refractivity contribution is 5.77. The van der Waals surface area contributed by atoms with Gasteiger partial charge in [0.05, 0.1) is 6.54 Å². The second-order valence-electron chi connectivity index (χ2n) is 4.04. The summed E-state index contributed by atoms with van der Waals surface area (Å²) in [5, 5.41) is 2.58. The van der Waals surface area contributed by atoms with Crippen LogP contribution in [-0.4, -0.2) is 37.5 Å². The van der Waals surface area contributed by atoms with Gasteiger partial charge >= 0.3 is 0 Å². The molecule has 0 spiro atoms. The van der Waals surface area contributed by atoms with E-state index in [4.69, 9.17) is 5.73 Å². The van der Waals surface area contributed by atoms with Gasteiger partial charge in [0.1, 0.15) is 5.82 Å². The van der Waals surface area contributed by atoms with Crippen LogP contribution in [0, 0.1) is 5.82 Å². The summed E-state index contributed by atoms with van der Waals surface area (Å²) < 4.78 is 13.2. The molecule has 0 radical (unpaired) electrons. The van der Waals surface area contributed by atoms with E-state index >= 15 is 0 Å². The summed E-state index contributed by atoms with van der Waals surface area (Å²) in [5.41, 5.74) is 6.55. The van der Waals surface area contributed by atoms with Crippen LogP contribution in [0.2, 0.25) is 0 Å². The van der Waals surface area contributed by atoms with Gasteiger partial charge in [0.25, 0.3) is 0 Å². The molecular formula is C13H20FN3O. The summed E-state index contributed by atoms with van der Waals surface area (Å²) in [7, 11) is 1.59. The minimum atomic E-state index is -0.290. The van der Waals surface area contributed by atoms with Gasteiger partial charge in [-0.05, 0) is 24.2 Å². The molecule has 100 valence electrons. The van der Waals surface area contributed by atoms with Gasteiger partial charge in [-0.3, -0.25) is 9.69 Å². The summed E-state index contributed by atoms with van der Waals surface area (Å²) in [6.07, 6.45) is 0. The Balaban J connectivity index is 2.89. The third-order valence-corrected chi connectivity index (χ3v) is 2.93. The first-order valence-electron chi connectivity index (χ1n) is 6.02. The van der Waals surface area contributed by atoms with Crippen LogP contribution < -0.4 is 11.1 Å². The summed E-state index contributed by atoms with van der Waals surface area (Å²) in [5.74, 6) is -0.367. The molecule has 4 nitrogen and oxygen atoms in total. The molecule has 1 atom stereocenters. The van der Waals surface area contributed by atoms with Crippen molar-refractivity contribution in [1.82, 2.24) is 10.2 Å². The largest absolute Gasteiger partial charge is 0.358 e. The Morgan fingerprint density at radius 2 is 2.28 bits per heavy atom.